The molecule has 0 saturated heterocycles. The highest BCUT2D eigenvalue weighted by Gasteiger charge is 2.17. The molecule has 1 heterocycles. The minimum atomic E-state index is -0.282. The van der Waals surface area contributed by atoms with E-state index >= 15 is 0 Å². The highest BCUT2D eigenvalue weighted by Crippen LogP contribution is 2.37. The third kappa shape index (κ3) is 7.58. The van der Waals surface area contributed by atoms with Crippen LogP contribution in [-0.4, -0.2) is 37.5 Å². The smallest absolute Gasteiger partial charge is 0.261 e. The van der Waals surface area contributed by atoms with Crippen LogP contribution in [0.1, 0.15) is 46.7 Å². The van der Waals surface area contributed by atoms with Crippen LogP contribution in [0.2, 0.25) is 0 Å². The van der Waals surface area contributed by atoms with Crippen molar-refractivity contribution in [3.8, 4) is 11.5 Å². The van der Waals surface area contributed by atoms with Crippen molar-refractivity contribution in [2.45, 2.75) is 26.7 Å². The fourth-order valence-electron chi connectivity index (χ4n) is 3.25. The van der Waals surface area contributed by atoms with E-state index in [2.05, 4.69) is 16.0 Å². The van der Waals surface area contributed by atoms with E-state index < -0.39 is 0 Å². The molecule has 0 spiro atoms. The minimum absolute atomic E-state index is 0.145. The summed E-state index contributed by atoms with van der Waals surface area (Å²) >= 11 is 1.37. The maximum Gasteiger partial charge on any atom is 0.261 e. The molecule has 35 heavy (non-hydrogen) atoms. The number of amides is 3. The molecule has 1 aromatic heterocycles. The van der Waals surface area contributed by atoms with Crippen LogP contribution in [0.3, 0.4) is 0 Å². The van der Waals surface area contributed by atoms with Gasteiger partial charge < -0.3 is 25.4 Å². The van der Waals surface area contributed by atoms with Crippen molar-refractivity contribution in [1.29, 1.82) is 0 Å². The Morgan fingerprint density at radius 2 is 1.49 bits per heavy atom. The first kappa shape index (κ1) is 25.8. The Balaban J connectivity index is 1.66. The predicted octanol–water partition coefficient (Wildman–Crippen LogP) is 4.95. The molecule has 0 bridgehead atoms. The number of rotatable bonds is 12. The number of benzene rings is 2. The van der Waals surface area contributed by atoms with Crippen molar-refractivity contribution in [1.82, 2.24) is 5.32 Å². The molecule has 184 valence electrons. The number of hydrogen-bond donors (Lipinski definition) is 3. The molecular formula is C26H29N3O5S. The summed E-state index contributed by atoms with van der Waals surface area (Å²) in [4.78, 5) is 37.9. The number of carbonyl (C=O) groups is 3. The third-order valence-corrected chi connectivity index (χ3v) is 5.72. The molecule has 0 aliphatic heterocycles. The SMILES string of the molecule is CCOc1cc(NC(=O)c2ccccc2)c(OCC)cc1NC(=O)CCCNC(=O)c1cccs1. The molecule has 2 aromatic carbocycles. The summed E-state index contributed by atoms with van der Waals surface area (Å²) in [6.07, 6.45) is 0.698. The molecule has 0 fully saturated rings. The Morgan fingerprint density at radius 1 is 0.829 bits per heavy atom. The zero-order valence-corrected chi connectivity index (χ0v) is 20.6. The summed E-state index contributed by atoms with van der Waals surface area (Å²) in [5.41, 5.74) is 1.40. The molecule has 0 atom stereocenters. The molecule has 3 aromatic rings. The van der Waals surface area contributed by atoms with E-state index in [0.717, 1.165) is 0 Å². The lowest BCUT2D eigenvalue weighted by molar-refractivity contribution is -0.116. The fourth-order valence-corrected chi connectivity index (χ4v) is 3.89. The second-order valence-corrected chi connectivity index (χ2v) is 8.36. The van der Waals surface area contributed by atoms with Gasteiger partial charge in [-0.1, -0.05) is 24.3 Å². The maximum atomic E-state index is 12.7. The lowest BCUT2D eigenvalue weighted by Crippen LogP contribution is -2.24. The van der Waals surface area contributed by atoms with E-state index in [4.69, 9.17) is 9.47 Å². The number of nitrogens with one attached hydrogen (secondary N) is 3. The molecule has 0 saturated carbocycles. The summed E-state index contributed by atoms with van der Waals surface area (Å²) in [5.74, 6) is 0.182. The van der Waals surface area contributed by atoms with E-state index in [0.29, 0.717) is 59.5 Å². The molecule has 9 heteroatoms. The Bertz CT molecular complexity index is 1130. The van der Waals surface area contributed by atoms with Gasteiger partial charge in [0.1, 0.15) is 11.5 Å². The standard InChI is InChI=1S/C26H29N3O5S/c1-3-33-21-17-20(29-25(31)18-10-6-5-7-11-18)22(34-4-2)16-19(21)28-24(30)13-8-14-27-26(32)23-12-9-15-35-23/h5-7,9-12,15-17H,3-4,8,13-14H2,1-2H3,(H,27,32)(H,28,30)(H,29,31). The number of hydrogen-bond acceptors (Lipinski definition) is 6. The number of anilines is 2. The van der Waals surface area contributed by atoms with Crippen molar-refractivity contribution in [2.75, 3.05) is 30.4 Å². The van der Waals surface area contributed by atoms with Gasteiger partial charge in [0.25, 0.3) is 11.8 Å². The van der Waals surface area contributed by atoms with Crippen LogP contribution in [0, 0.1) is 0 Å². The third-order valence-electron chi connectivity index (χ3n) is 4.85. The quantitative estimate of drug-likeness (QED) is 0.309. The highest BCUT2D eigenvalue weighted by atomic mass is 32.1. The molecule has 3 N–H and O–H groups in total. The molecule has 0 aliphatic carbocycles. The van der Waals surface area contributed by atoms with Gasteiger partial charge in [-0.05, 0) is 43.8 Å². The fraction of sp³-hybridized carbons (Fsp3) is 0.269. The van der Waals surface area contributed by atoms with Crippen LogP contribution in [0.15, 0.2) is 60.0 Å². The highest BCUT2D eigenvalue weighted by molar-refractivity contribution is 7.12. The number of carbonyl (C=O) groups excluding carboxylic acids is 3. The first-order valence-corrected chi connectivity index (χ1v) is 12.3. The zero-order chi connectivity index (χ0) is 25.0. The Kier molecular flexibility index (Phi) is 9.68. The summed E-state index contributed by atoms with van der Waals surface area (Å²) in [6.45, 7) is 4.80. The van der Waals surface area contributed by atoms with Gasteiger partial charge in [-0.3, -0.25) is 14.4 Å². The Labute approximate surface area is 208 Å². The van der Waals surface area contributed by atoms with Gasteiger partial charge in [0.05, 0.1) is 29.5 Å². The van der Waals surface area contributed by atoms with Gasteiger partial charge >= 0.3 is 0 Å². The van der Waals surface area contributed by atoms with Gasteiger partial charge in [0, 0.05) is 30.7 Å². The second kappa shape index (κ2) is 13.1. The molecule has 0 radical (unpaired) electrons. The lowest BCUT2D eigenvalue weighted by Gasteiger charge is -2.18. The summed E-state index contributed by atoms with van der Waals surface area (Å²) in [5, 5.41) is 10.4. The van der Waals surface area contributed by atoms with Crippen molar-refractivity contribution in [3.05, 3.63) is 70.4 Å². The van der Waals surface area contributed by atoms with Gasteiger partial charge in [0.2, 0.25) is 5.91 Å². The molecule has 3 amide bonds. The first-order valence-electron chi connectivity index (χ1n) is 11.4. The summed E-state index contributed by atoms with van der Waals surface area (Å²) < 4.78 is 11.4. The Morgan fingerprint density at radius 3 is 2.09 bits per heavy atom. The van der Waals surface area contributed by atoms with E-state index in [1.54, 1.807) is 42.5 Å². The maximum absolute atomic E-state index is 12.7. The van der Waals surface area contributed by atoms with Crippen molar-refractivity contribution in [2.24, 2.45) is 0 Å². The van der Waals surface area contributed by atoms with E-state index in [1.165, 1.54) is 11.3 Å². The largest absolute Gasteiger partial charge is 0.492 e. The average Bonchev–Trinajstić information content (AvgIpc) is 3.40. The molecule has 0 aliphatic rings. The van der Waals surface area contributed by atoms with Crippen LogP contribution >= 0.6 is 11.3 Å². The number of thiophene rings is 1. The van der Waals surface area contributed by atoms with Gasteiger partial charge in [0.15, 0.2) is 0 Å². The predicted molar refractivity (Wildman–Crippen MR) is 138 cm³/mol. The van der Waals surface area contributed by atoms with Crippen molar-refractivity contribution in [3.63, 3.8) is 0 Å². The topological polar surface area (TPSA) is 106 Å². The van der Waals surface area contributed by atoms with E-state index in [9.17, 15) is 14.4 Å². The molecule has 0 unspecified atom stereocenters. The van der Waals surface area contributed by atoms with Crippen LogP contribution in [0.4, 0.5) is 11.4 Å². The van der Waals surface area contributed by atoms with Crippen molar-refractivity contribution >= 4 is 40.4 Å². The summed E-state index contributed by atoms with van der Waals surface area (Å²) in [6, 6.07) is 15.7. The van der Waals surface area contributed by atoms with Crippen LogP contribution in [0.5, 0.6) is 11.5 Å². The monoisotopic (exact) mass is 495 g/mol. The van der Waals surface area contributed by atoms with Gasteiger partial charge in [-0.15, -0.1) is 11.3 Å². The van der Waals surface area contributed by atoms with E-state index in [1.807, 2.05) is 31.4 Å². The van der Waals surface area contributed by atoms with Gasteiger partial charge in [-0.2, -0.15) is 0 Å². The average molecular weight is 496 g/mol. The van der Waals surface area contributed by atoms with Crippen LogP contribution < -0.4 is 25.4 Å². The minimum Gasteiger partial charge on any atom is -0.492 e. The zero-order valence-electron chi connectivity index (χ0n) is 19.8. The van der Waals surface area contributed by atoms with Crippen molar-refractivity contribution < 1.29 is 23.9 Å². The van der Waals surface area contributed by atoms with E-state index in [-0.39, 0.29) is 24.1 Å². The van der Waals surface area contributed by atoms with Gasteiger partial charge in [-0.25, -0.2) is 0 Å². The lowest BCUT2D eigenvalue weighted by atomic mass is 10.2. The van der Waals surface area contributed by atoms with Crippen LogP contribution in [0.25, 0.3) is 0 Å². The second-order valence-electron chi connectivity index (χ2n) is 7.42. The molecular weight excluding hydrogens is 466 g/mol. The first-order chi connectivity index (χ1) is 17.0. The normalized spacial score (nSPS) is 10.3. The Hall–Kier alpha value is -3.85. The summed E-state index contributed by atoms with van der Waals surface area (Å²) in [7, 11) is 0. The van der Waals surface area contributed by atoms with Crippen LogP contribution in [-0.2, 0) is 4.79 Å². The number of ether oxygens (including phenoxy) is 2. The molecule has 8 nitrogen and oxygen atoms in total. The molecule has 3 rings (SSSR count).